The Hall–Kier alpha value is -2.10. The molecule has 1 unspecified atom stereocenters. The van der Waals surface area contributed by atoms with Crippen molar-refractivity contribution >= 4 is 5.91 Å². The average Bonchev–Trinajstić information content (AvgIpc) is 3.00. The highest BCUT2D eigenvalue weighted by atomic mass is 16.2. The summed E-state index contributed by atoms with van der Waals surface area (Å²) in [6, 6.07) is 12.7. The average molecular weight is 297 g/mol. The number of nitrogens with zero attached hydrogens (tertiary/aromatic N) is 3. The standard InChI is InChI=1S/C18H23N3O/c1-20-14-12-17(19-20)18(22)21-13-6-5-9-16(21)11-10-15-7-3-2-4-8-15/h2-4,7-8,12,14,16H,5-6,9-11,13H2,1H3. The van der Waals surface area contributed by atoms with Crippen LogP contribution in [0.4, 0.5) is 0 Å². The van der Waals surface area contributed by atoms with Gasteiger partial charge in [-0.25, -0.2) is 0 Å². The quantitative estimate of drug-likeness (QED) is 0.870. The van der Waals surface area contributed by atoms with Gasteiger partial charge in [0.15, 0.2) is 0 Å². The summed E-state index contributed by atoms with van der Waals surface area (Å²) in [6.07, 6.45) is 7.30. The third kappa shape index (κ3) is 3.38. The van der Waals surface area contributed by atoms with Crippen LogP contribution in [0.25, 0.3) is 0 Å². The number of carbonyl (C=O) groups is 1. The van der Waals surface area contributed by atoms with Crippen molar-refractivity contribution in [2.75, 3.05) is 6.54 Å². The summed E-state index contributed by atoms with van der Waals surface area (Å²) >= 11 is 0. The van der Waals surface area contributed by atoms with Crippen LogP contribution in [-0.2, 0) is 13.5 Å². The Bertz CT molecular complexity index is 620. The van der Waals surface area contributed by atoms with Gasteiger partial charge in [-0.2, -0.15) is 5.10 Å². The fourth-order valence-electron chi connectivity index (χ4n) is 3.22. The molecule has 4 nitrogen and oxygen atoms in total. The maximum atomic E-state index is 12.7. The van der Waals surface area contributed by atoms with Gasteiger partial charge in [0.2, 0.25) is 0 Å². The molecule has 2 aromatic rings. The van der Waals surface area contributed by atoms with E-state index in [9.17, 15) is 4.79 Å². The summed E-state index contributed by atoms with van der Waals surface area (Å²) in [4.78, 5) is 14.7. The maximum Gasteiger partial charge on any atom is 0.274 e. The number of amides is 1. The lowest BCUT2D eigenvalue weighted by atomic mass is 9.95. The Morgan fingerprint density at radius 3 is 2.77 bits per heavy atom. The van der Waals surface area contributed by atoms with Crippen molar-refractivity contribution < 1.29 is 4.79 Å². The highest BCUT2D eigenvalue weighted by Crippen LogP contribution is 2.23. The minimum Gasteiger partial charge on any atom is -0.334 e. The van der Waals surface area contributed by atoms with Gasteiger partial charge in [-0.15, -0.1) is 0 Å². The summed E-state index contributed by atoms with van der Waals surface area (Å²) in [5.74, 6) is 0.0818. The first-order chi connectivity index (χ1) is 10.7. The predicted molar refractivity (Wildman–Crippen MR) is 86.6 cm³/mol. The van der Waals surface area contributed by atoms with Gasteiger partial charge in [0.25, 0.3) is 5.91 Å². The lowest BCUT2D eigenvalue weighted by molar-refractivity contribution is 0.0595. The molecule has 0 aliphatic carbocycles. The van der Waals surface area contributed by atoms with Crippen molar-refractivity contribution in [3.63, 3.8) is 0 Å². The molecule has 3 rings (SSSR count). The number of rotatable bonds is 4. The fourth-order valence-corrected chi connectivity index (χ4v) is 3.22. The SMILES string of the molecule is Cn1ccc(C(=O)N2CCCCC2CCc2ccccc2)n1. The van der Waals surface area contributed by atoms with Crippen molar-refractivity contribution in [3.8, 4) is 0 Å². The van der Waals surface area contributed by atoms with Crippen LogP contribution < -0.4 is 0 Å². The van der Waals surface area contributed by atoms with Crippen molar-refractivity contribution in [2.24, 2.45) is 7.05 Å². The molecule has 4 heteroatoms. The molecule has 0 bridgehead atoms. The largest absolute Gasteiger partial charge is 0.334 e. The number of aryl methyl sites for hydroxylation is 2. The molecule has 1 fully saturated rings. The summed E-state index contributed by atoms with van der Waals surface area (Å²) in [6.45, 7) is 0.856. The van der Waals surface area contributed by atoms with Gasteiger partial charge >= 0.3 is 0 Å². The van der Waals surface area contributed by atoms with Crippen LogP contribution in [0.3, 0.4) is 0 Å². The maximum absolute atomic E-state index is 12.7. The number of aromatic nitrogens is 2. The van der Waals surface area contributed by atoms with Gasteiger partial charge < -0.3 is 4.90 Å². The van der Waals surface area contributed by atoms with Gasteiger partial charge in [0.1, 0.15) is 5.69 Å². The van der Waals surface area contributed by atoms with E-state index in [0.29, 0.717) is 11.7 Å². The lowest BCUT2D eigenvalue weighted by Crippen LogP contribution is -2.44. The second-order valence-corrected chi connectivity index (χ2v) is 6.05. The molecule has 0 saturated carbocycles. The lowest BCUT2D eigenvalue weighted by Gasteiger charge is -2.35. The second kappa shape index (κ2) is 6.77. The molecule has 0 radical (unpaired) electrons. The molecule has 1 aliphatic rings. The predicted octanol–water partition coefficient (Wildman–Crippen LogP) is 3.05. The zero-order valence-electron chi connectivity index (χ0n) is 13.1. The van der Waals surface area contributed by atoms with Crippen LogP contribution >= 0.6 is 0 Å². The molecular weight excluding hydrogens is 274 g/mol. The normalized spacial score (nSPS) is 18.4. The molecule has 1 saturated heterocycles. The Labute approximate surface area is 131 Å². The molecule has 1 atom stereocenters. The Kier molecular flexibility index (Phi) is 4.56. The monoisotopic (exact) mass is 297 g/mol. The molecular formula is C18H23N3O. The van der Waals surface area contributed by atoms with E-state index in [1.807, 2.05) is 30.3 Å². The van der Waals surface area contributed by atoms with Gasteiger partial charge in [0, 0.05) is 25.8 Å². The summed E-state index contributed by atoms with van der Waals surface area (Å²) in [5.41, 5.74) is 1.91. The number of hydrogen-bond donors (Lipinski definition) is 0. The van der Waals surface area contributed by atoms with Crippen LogP contribution in [0, 0.1) is 0 Å². The second-order valence-electron chi connectivity index (χ2n) is 6.05. The number of likely N-dealkylation sites (tertiary alicyclic amines) is 1. The summed E-state index contributed by atoms with van der Waals surface area (Å²) < 4.78 is 1.69. The zero-order chi connectivity index (χ0) is 15.4. The molecule has 116 valence electrons. The number of carbonyl (C=O) groups excluding carboxylic acids is 1. The molecule has 0 N–H and O–H groups in total. The van der Waals surface area contributed by atoms with E-state index in [2.05, 4.69) is 29.4 Å². The molecule has 22 heavy (non-hydrogen) atoms. The Morgan fingerprint density at radius 1 is 1.23 bits per heavy atom. The van der Waals surface area contributed by atoms with Crippen LogP contribution in [-0.4, -0.2) is 33.2 Å². The highest BCUT2D eigenvalue weighted by Gasteiger charge is 2.28. The van der Waals surface area contributed by atoms with Crippen molar-refractivity contribution in [3.05, 3.63) is 53.9 Å². The van der Waals surface area contributed by atoms with Gasteiger partial charge in [-0.3, -0.25) is 9.48 Å². The van der Waals surface area contributed by atoms with Crippen LogP contribution in [0.15, 0.2) is 42.6 Å². The van der Waals surface area contributed by atoms with Crippen molar-refractivity contribution in [2.45, 2.75) is 38.1 Å². The van der Waals surface area contributed by atoms with E-state index in [4.69, 9.17) is 0 Å². The molecule has 1 aliphatic heterocycles. The van der Waals surface area contributed by atoms with Gasteiger partial charge in [-0.1, -0.05) is 30.3 Å². The first-order valence-electron chi connectivity index (χ1n) is 8.08. The van der Waals surface area contributed by atoms with Crippen LogP contribution in [0.1, 0.15) is 41.7 Å². The minimum atomic E-state index is 0.0818. The Balaban J connectivity index is 1.67. The van der Waals surface area contributed by atoms with E-state index in [0.717, 1.165) is 32.2 Å². The van der Waals surface area contributed by atoms with Gasteiger partial charge in [0.05, 0.1) is 0 Å². The topological polar surface area (TPSA) is 38.1 Å². The van der Waals surface area contributed by atoms with E-state index >= 15 is 0 Å². The smallest absolute Gasteiger partial charge is 0.274 e. The van der Waals surface area contributed by atoms with Crippen LogP contribution in [0.5, 0.6) is 0 Å². The highest BCUT2D eigenvalue weighted by molar-refractivity contribution is 5.92. The third-order valence-electron chi connectivity index (χ3n) is 4.43. The first-order valence-corrected chi connectivity index (χ1v) is 8.08. The first kappa shape index (κ1) is 14.8. The number of hydrogen-bond acceptors (Lipinski definition) is 2. The number of benzene rings is 1. The van der Waals surface area contributed by atoms with Gasteiger partial charge in [-0.05, 0) is 43.7 Å². The van der Waals surface area contributed by atoms with E-state index in [-0.39, 0.29) is 5.91 Å². The zero-order valence-corrected chi connectivity index (χ0v) is 13.1. The summed E-state index contributed by atoms with van der Waals surface area (Å²) in [7, 11) is 1.85. The molecule has 1 aromatic carbocycles. The Morgan fingerprint density at radius 2 is 2.05 bits per heavy atom. The molecule has 1 aromatic heterocycles. The van der Waals surface area contributed by atoms with E-state index in [1.54, 1.807) is 4.68 Å². The van der Waals surface area contributed by atoms with E-state index < -0.39 is 0 Å². The third-order valence-corrected chi connectivity index (χ3v) is 4.43. The fraction of sp³-hybridized carbons (Fsp3) is 0.444. The van der Waals surface area contributed by atoms with Crippen LogP contribution in [0.2, 0.25) is 0 Å². The minimum absolute atomic E-state index is 0.0818. The van der Waals surface area contributed by atoms with Crippen molar-refractivity contribution in [1.29, 1.82) is 0 Å². The van der Waals surface area contributed by atoms with E-state index in [1.165, 1.54) is 12.0 Å². The molecule has 1 amide bonds. The van der Waals surface area contributed by atoms with Crippen molar-refractivity contribution in [1.82, 2.24) is 14.7 Å². The molecule has 2 heterocycles. The molecule has 0 spiro atoms. The summed E-state index contributed by atoms with van der Waals surface area (Å²) in [5, 5.41) is 4.26. The number of piperidine rings is 1.